The SMILES string of the molecule is O=C(CCc1ccccc1)ON(C(=O)CCc1ccccc1)c1ccccc1. The lowest BCUT2D eigenvalue weighted by Crippen LogP contribution is -2.34. The minimum atomic E-state index is -0.430. The van der Waals surface area contributed by atoms with Gasteiger partial charge in [0.25, 0.3) is 5.91 Å². The highest BCUT2D eigenvalue weighted by Gasteiger charge is 2.20. The Balaban J connectivity index is 1.63. The summed E-state index contributed by atoms with van der Waals surface area (Å²) in [5.74, 6) is -0.677. The molecule has 0 aromatic heterocycles. The maximum atomic E-state index is 12.8. The number of anilines is 1. The monoisotopic (exact) mass is 373 g/mol. The quantitative estimate of drug-likeness (QED) is 0.562. The molecule has 0 radical (unpaired) electrons. The van der Waals surface area contributed by atoms with Crippen LogP contribution in [0.2, 0.25) is 0 Å². The Hall–Kier alpha value is -3.40. The summed E-state index contributed by atoms with van der Waals surface area (Å²) >= 11 is 0. The summed E-state index contributed by atoms with van der Waals surface area (Å²) in [5, 5.41) is 1.12. The molecule has 4 heteroatoms. The van der Waals surface area contributed by atoms with Crippen LogP contribution in [-0.4, -0.2) is 11.9 Å². The number of hydrogen-bond acceptors (Lipinski definition) is 3. The number of hydroxylamine groups is 1. The molecule has 0 heterocycles. The van der Waals surface area contributed by atoms with Gasteiger partial charge in [0.2, 0.25) is 0 Å². The Kier molecular flexibility index (Phi) is 6.96. The van der Waals surface area contributed by atoms with Gasteiger partial charge in [0.1, 0.15) is 0 Å². The Bertz CT molecular complexity index is 879. The first-order chi connectivity index (χ1) is 13.7. The third kappa shape index (κ3) is 5.81. The summed E-state index contributed by atoms with van der Waals surface area (Å²) < 4.78 is 0. The average molecular weight is 373 g/mol. The topological polar surface area (TPSA) is 46.6 Å². The van der Waals surface area contributed by atoms with Crippen molar-refractivity contribution in [1.82, 2.24) is 0 Å². The molecule has 4 nitrogen and oxygen atoms in total. The van der Waals surface area contributed by atoms with Gasteiger partial charge in [0.05, 0.1) is 12.1 Å². The standard InChI is InChI=1S/C24H23NO3/c26-23(18-16-20-10-4-1-5-11-20)25(22-14-8-3-9-15-22)28-24(27)19-17-21-12-6-2-7-13-21/h1-15H,16-19H2. The third-order valence-corrected chi connectivity index (χ3v) is 4.34. The number of para-hydroxylation sites is 1. The fraction of sp³-hybridized carbons (Fsp3) is 0.167. The average Bonchev–Trinajstić information content (AvgIpc) is 2.76. The molecule has 0 saturated heterocycles. The van der Waals surface area contributed by atoms with Crippen LogP contribution in [0.1, 0.15) is 24.0 Å². The van der Waals surface area contributed by atoms with Gasteiger partial charge >= 0.3 is 5.97 Å². The van der Waals surface area contributed by atoms with E-state index in [0.717, 1.165) is 16.2 Å². The predicted octanol–water partition coefficient (Wildman–Crippen LogP) is 4.74. The Morgan fingerprint density at radius 2 is 1.11 bits per heavy atom. The summed E-state index contributed by atoms with van der Waals surface area (Å²) in [6, 6.07) is 28.5. The second-order valence-electron chi connectivity index (χ2n) is 6.46. The molecule has 0 spiro atoms. The van der Waals surface area contributed by atoms with Crippen molar-refractivity contribution < 1.29 is 14.4 Å². The van der Waals surface area contributed by atoms with Crippen molar-refractivity contribution in [2.75, 3.05) is 5.06 Å². The van der Waals surface area contributed by atoms with Crippen molar-refractivity contribution in [2.24, 2.45) is 0 Å². The minimum absolute atomic E-state index is 0.208. The molecule has 28 heavy (non-hydrogen) atoms. The highest BCUT2D eigenvalue weighted by atomic mass is 16.7. The van der Waals surface area contributed by atoms with E-state index in [1.165, 1.54) is 0 Å². The molecule has 1 amide bonds. The molecule has 3 aromatic carbocycles. The number of nitrogens with zero attached hydrogens (tertiary/aromatic N) is 1. The van der Waals surface area contributed by atoms with Crippen LogP contribution in [0.25, 0.3) is 0 Å². The predicted molar refractivity (Wildman–Crippen MR) is 110 cm³/mol. The van der Waals surface area contributed by atoms with Crippen LogP contribution in [-0.2, 0) is 27.3 Å². The summed E-state index contributed by atoms with van der Waals surface area (Å²) in [7, 11) is 0. The molecule has 142 valence electrons. The lowest BCUT2D eigenvalue weighted by Gasteiger charge is -2.21. The second kappa shape index (κ2) is 10.1. The highest BCUT2D eigenvalue weighted by molar-refractivity contribution is 5.93. The van der Waals surface area contributed by atoms with E-state index in [-0.39, 0.29) is 18.7 Å². The van der Waals surface area contributed by atoms with Crippen LogP contribution in [0.5, 0.6) is 0 Å². The van der Waals surface area contributed by atoms with Gasteiger partial charge in [0, 0.05) is 6.42 Å². The van der Waals surface area contributed by atoms with E-state index in [0.29, 0.717) is 18.5 Å². The molecule has 0 N–H and O–H groups in total. The largest absolute Gasteiger partial charge is 0.333 e. The van der Waals surface area contributed by atoms with Crippen molar-refractivity contribution in [3.8, 4) is 0 Å². The third-order valence-electron chi connectivity index (χ3n) is 4.34. The van der Waals surface area contributed by atoms with Gasteiger partial charge in [-0.1, -0.05) is 78.9 Å². The Morgan fingerprint density at radius 1 is 0.643 bits per heavy atom. The van der Waals surface area contributed by atoms with Crippen LogP contribution in [0.3, 0.4) is 0 Å². The van der Waals surface area contributed by atoms with Gasteiger partial charge < -0.3 is 4.84 Å². The summed E-state index contributed by atoms with van der Waals surface area (Å²) in [5.41, 5.74) is 2.68. The zero-order chi connectivity index (χ0) is 19.6. The molecule has 0 atom stereocenters. The van der Waals surface area contributed by atoms with E-state index in [1.807, 2.05) is 78.9 Å². The first-order valence-corrected chi connectivity index (χ1v) is 9.39. The number of hydrogen-bond donors (Lipinski definition) is 0. The molecule has 0 aliphatic heterocycles. The van der Waals surface area contributed by atoms with Crippen molar-refractivity contribution in [1.29, 1.82) is 0 Å². The second-order valence-corrected chi connectivity index (χ2v) is 6.46. The molecule has 3 rings (SSSR count). The number of rotatable bonds is 7. The van der Waals surface area contributed by atoms with Gasteiger partial charge in [-0.2, -0.15) is 0 Å². The Labute approximate surface area is 165 Å². The lowest BCUT2D eigenvalue weighted by molar-refractivity contribution is -0.150. The van der Waals surface area contributed by atoms with Crippen molar-refractivity contribution in [3.63, 3.8) is 0 Å². The first-order valence-electron chi connectivity index (χ1n) is 9.39. The number of benzene rings is 3. The van der Waals surface area contributed by atoms with Gasteiger partial charge in [-0.3, -0.25) is 4.79 Å². The molecule has 0 unspecified atom stereocenters. The molecule has 0 aliphatic rings. The maximum Gasteiger partial charge on any atom is 0.333 e. The fourth-order valence-corrected chi connectivity index (χ4v) is 2.85. The van der Waals surface area contributed by atoms with Gasteiger partial charge in [-0.05, 0) is 36.1 Å². The maximum absolute atomic E-state index is 12.8. The van der Waals surface area contributed by atoms with Gasteiger partial charge in [-0.25, -0.2) is 4.79 Å². The van der Waals surface area contributed by atoms with E-state index in [9.17, 15) is 9.59 Å². The number of carbonyl (C=O) groups is 2. The van der Waals surface area contributed by atoms with Crippen molar-refractivity contribution in [2.45, 2.75) is 25.7 Å². The van der Waals surface area contributed by atoms with Crippen molar-refractivity contribution in [3.05, 3.63) is 102 Å². The van der Waals surface area contributed by atoms with Crippen LogP contribution >= 0.6 is 0 Å². The fourth-order valence-electron chi connectivity index (χ4n) is 2.85. The van der Waals surface area contributed by atoms with Crippen LogP contribution < -0.4 is 5.06 Å². The summed E-state index contributed by atoms with van der Waals surface area (Å²) in [6.07, 6.45) is 1.62. The summed E-state index contributed by atoms with van der Waals surface area (Å²) in [6.45, 7) is 0. The Morgan fingerprint density at radius 3 is 1.64 bits per heavy atom. The van der Waals surface area contributed by atoms with Crippen molar-refractivity contribution >= 4 is 17.6 Å². The van der Waals surface area contributed by atoms with E-state index < -0.39 is 5.97 Å². The molecular weight excluding hydrogens is 350 g/mol. The first kappa shape index (κ1) is 19.4. The van der Waals surface area contributed by atoms with E-state index in [2.05, 4.69) is 0 Å². The molecule has 0 bridgehead atoms. The van der Waals surface area contributed by atoms with Gasteiger partial charge in [0.15, 0.2) is 0 Å². The van der Waals surface area contributed by atoms with Crippen LogP contribution in [0.4, 0.5) is 5.69 Å². The van der Waals surface area contributed by atoms with Crippen LogP contribution in [0.15, 0.2) is 91.0 Å². The molecular formula is C24H23NO3. The molecule has 0 saturated carbocycles. The van der Waals surface area contributed by atoms with E-state index >= 15 is 0 Å². The number of amides is 1. The number of carbonyl (C=O) groups excluding carboxylic acids is 2. The highest BCUT2D eigenvalue weighted by Crippen LogP contribution is 2.17. The smallest absolute Gasteiger partial charge is 0.333 e. The molecule has 3 aromatic rings. The minimum Gasteiger partial charge on any atom is -0.333 e. The molecule has 0 fully saturated rings. The number of aryl methyl sites for hydroxylation is 2. The zero-order valence-corrected chi connectivity index (χ0v) is 15.7. The molecule has 0 aliphatic carbocycles. The normalized spacial score (nSPS) is 10.3. The van der Waals surface area contributed by atoms with Crippen LogP contribution in [0, 0.1) is 0 Å². The van der Waals surface area contributed by atoms with Gasteiger partial charge in [-0.15, -0.1) is 5.06 Å². The lowest BCUT2D eigenvalue weighted by atomic mass is 10.1. The summed E-state index contributed by atoms with van der Waals surface area (Å²) in [4.78, 5) is 30.6. The van der Waals surface area contributed by atoms with E-state index in [1.54, 1.807) is 12.1 Å². The zero-order valence-electron chi connectivity index (χ0n) is 15.7. The van der Waals surface area contributed by atoms with E-state index in [4.69, 9.17) is 4.84 Å².